The predicted molar refractivity (Wildman–Crippen MR) is 109 cm³/mol. The van der Waals surface area contributed by atoms with Gasteiger partial charge >= 0.3 is 6.18 Å². The van der Waals surface area contributed by atoms with Crippen LogP contribution in [0.3, 0.4) is 0 Å². The van der Waals surface area contributed by atoms with Gasteiger partial charge in [-0.3, -0.25) is 19.6 Å². The average Bonchev–Trinajstić information content (AvgIpc) is 2.74. The van der Waals surface area contributed by atoms with Gasteiger partial charge in [-0.25, -0.2) is 5.48 Å². The van der Waals surface area contributed by atoms with E-state index in [4.69, 9.17) is 5.21 Å². The van der Waals surface area contributed by atoms with E-state index in [-0.39, 0.29) is 35.7 Å². The maximum atomic E-state index is 12.8. The number of benzene rings is 2. The van der Waals surface area contributed by atoms with Crippen LogP contribution < -0.4 is 16.1 Å². The fourth-order valence-electron chi connectivity index (χ4n) is 2.79. The second kappa shape index (κ2) is 11.1. The number of hydroxylamine groups is 1. The Bertz CT molecular complexity index is 979. The first-order valence-electron chi connectivity index (χ1n) is 9.64. The van der Waals surface area contributed by atoms with Crippen molar-refractivity contribution in [1.82, 2.24) is 5.48 Å². The molecule has 8 nitrogen and oxygen atoms in total. The number of alkyl halides is 3. The van der Waals surface area contributed by atoms with E-state index in [9.17, 15) is 32.7 Å². The van der Waals surface area contributed by atoms with Gasteiger partial charge < -0.3 is 15.7 Å². The van der Waals surface area contributed by atoms with Crippen LogP contribution in [-0.4, -0.2) is 28.0 Å². The number of phenols is 1. The summed E-state index contributed by atoms with van der Waals surface area (Å²) in [6.07, 6.45) is -2.71. The molecular formula is C21H22F3N3O5. The fraction of sp³-hybridized carbons (Fsp3) is 0.286. The molecule has 11 heteroatoms. The number of halogens is 3. The summed E-state index contributed by atoms with van der Waals surface area (Å²) in [5.74, 6) is -2.12. The average molecular weight is 453 g/mol. The van der Waals surface area contributed by atoms with Crippen molar-refractivity contribution in [2.75, 3.05) is 10.6 Å². The minimum absolute atomic E-state index is 0.103. The summed E-state index contributed by atoms with van der Waals surface area (Å²) in [6.45, 7) is 0. The van der Waals surface area contributed by atoms with Crippen molar-refractivity contribution < 1.29 is 37.9 Å². The van der Waals surface area contributed by atoms with Crippen LogP contribution in [0.25, 0.3) is 0 Å². The van der Waals surface area contributed by atoms with E-state index in [0.717, 1.165) is 18.2 Å². The van der Waals surface area contributed by atoms with E-state index in [1.54, 1.807) is 0 Å². The molecule has 0 aliphatic rings. The topological polar surface area (TPSA) is 128 Å². The van der Waals surface area contributed by atoms with Crippen molar-refractivity contribution >= 4 is 29.1 Å². The van der Waals surface area contributed by atoms with E-state index in [0.29, 0.717) is 19.3 Å². The van der Waals surface area contributed by atoms with Crippen molar-refractivity contribution in [3.8, 4) is 5.75 Å². The molecule has 3 amide bonds. The molecule has 0 heterocycles. The smallest absolute Gasteiger partial charge is 0.416 e. The Kier molecular flexibility index (Phi) is 8.59. The molecule has 0 aliphatic heterocycles. The molecule has 0 aliphatic carbocycles. The molecule has 0 spiro atoms. The molecule has 5 N–H and O–H groups in total. The largest absolute Gasteiger partial charge is 0.507 e. The third-order valence-electron chi connectivity index (χ3n) is 4.41. The van der Waals surface area contributed by atoms with Gasteiger partial charge in [0, 0.05) is 24.2 Å². The Morgan fingerprint density at radius 3 is 2.16 bits per heavy atom. The van der Waals surface area contributed by atoms with Crippen LogP contribution in [0.2, 0.25) is 0 Å². The fourth-order valence-corrected chi connectivity index (χ4v) is 2.79. The van der Waals surface area contributed by atoms with Crippen molar-refractivity contribution in [3.05, 3.63) is 53.6 Å². The van der Waals surface area contributed by atoms with Crippen molar-refractivity contribution in [2.24, 2.45) is 0 Å². The molecule has 2 rings (SSSR count). The highest BCUT2D eigenvalue weighted by atomic mass is 19.4. The van der Waals surface area contributed by atoms with Crippen LogP contribution >= 0.6 is 0 Å². The van der Waals surface area contributed by atoms with E-state index in [2.05, 4.69) is 10.6 Å². The van der Waals surface area contributed by atoms with Crippen molar-refractivity contribution in [1.29, 1.82) is 0 Å². The minimum atomic E-state index is -4.57. The number of nitrogens with one attached hydrogen (secondary N) is 3. The molecular weight excluding hydrogens is 431 g/mol. The van der Waals surface area contributed by atoms with Crippen LogP contribution in [0.4, 0.5) is 24.5 Å². The molecule has 0 atom stereocenters. The number of rotatable bonds is 9. The molecule has 0 saturated heterocycles. The van der Waals surface area contributed by atoms with Gasteiger partial charge in [0.1, 0.15) is 5.75 Å². The SMILES string of the molecule is O=C(CCCCCC(=O)Nc1ccc(O)c(C(=O)Nc2cccc(C(F)(F)F)c2)c1)NO. The van der Waals surface area contributed by atoms with Crippen LogP contribution in [-0.2, 0) is 15.8 Å². The van der Waals surface area contributed by atoms with Crippen LogP contribution in [0.5, 0.6) is 5.75 Å². The standard InChI is InChI=1S/C21H22F3N3O5/c22-21(23,24)13-5-4-6-14(11-13)26-20(31)16-12-15(9-10-17(16)28)25-18(29)7-2-1-3-8-19(30)27-32/h4-6,9-12,28,32H,1-3,7-8H2,(H,25,29)(H,26,31)(H,27,30). The first-order chi connectivity index (χ1) is 15.1. The van der Waals surface area contributed by atoms with Crippen LogP contribution in [0.1, 0.15) is 48.0 Å². The van der Waals surface area contributed by atoms with Gasteiger partial charge in [0.15, 0.2) is 0 Å². The van der Waals surface area contributed by atoms with Gasteiger partial charge in [-0.1, -0.05) is 12.5 Å². The predicted octanol–water partition coefficient (Wildman–Crippen LogP) is 4.06. The molecule has 2 aromatic rings. The highest BCUT2D eigenvalue weighted by molar-refractivity contribution is 6.07. The highest BCUT2D eigenvalue weighted by Gasteiger charge is 2.30. The molecule has 32 heavy (non-hydrogen) atoms. The number of anilines is 2. The third-order valence-corrected chi connectivity index (χ3v) is 4.41. The molecule has 0 aromatic heterocycles. The summed E-state index contributed by atoms with van der Waals surface area (Å²) in [7, 11) is 0. The summed E-state index contributed by atoms with van der Waals surface area (Å²) in [5.41, 5.74) is 0.480. The second-order valence-corrected chi connectivity index (χ2v) is 6.91. The molecule has 0 unspecified atom stereocenters. The van der Waals surface area contributed by atoms with Crippen molar-refractivity contribution in [2.45, 2.75) is 38.3 Å². The van der Waals surface area contributed by atoms with E-state index < -0.39 is 29.3 Å². The van der Waals surface area contributed by atoms with Gasteiger partial charge in [0.05, 0.1) is 11.1 Å². The summed E-state index contributed by atoms with van der Waals surface area (Å²) >= 11 is 0. The number of amides is 3. The molecule has 0 radical (unpaired) electrons. The van der Waals surface area contributed by atoms with Gasteiger partial charge in [-0.2, -0.15) is 13.2 Å². The summed E-state index contributed by atoms with van der Waals surface area (Å²) in [6, 6.07) is 7.83. The van der Waals surface area contributed by atoms with E-state index in [1.165, 1.54) is 29.7 Å². The van der Waals surface area contributed by atoms with Gasteiger partial charge in [-0.05, 0) is 49.2 Å². The Morgan fingerprint density at radius 1 is 0.844 bits per heavy atom. The summed E-state index contributed by atoms with van der Waals surface area (Å²) in [5, 5.41) is 23.2. The highest BCUT2D eigenvalue weighted by Crippen LogP contribution is 2.31. The number of hydrogen-bond acceptors (Lipinski definition) is 5. The number of aromatic hydroxyl groups is 1. The first-order valence-corrected chi connectivity index (χ1v) is 9.64. The maximum absolute atomic E-state index is 12.8. The minimum Gasteiger partial charge on any atom is -0.507 e. The van der Waals surface area contributed by atoms with E-state index in [1.807, 2.05) is 0 Å². The van der Waals surface area contributed by atoms with Gasteiger partial charge in [0.25, 0.3) is 5.91 Å². The van der Waals surface area contributed by atoms with Gasteiger partial charge in [0.2, 0.25) is 11.8 Å². The van der Waals surface area contributed by atoms with Crippen molar-refractivity contribution in [3.63, 3.8) is 0 Å². The number of carbonyl (C=O) groups excluding carboxylic acids is 3. The summed E-state index contributed by atoms with van der Waals surface area (Å²) < 4.78 is 38.5. The Morgan fingerprint density at radius 2 is 1.50 bits per heavy atom. The Hall–Kier alpha value is -3.60. The molecule has 0 saturated carbocycles. The Balaban J connectivity index is 1.96. The zero-order valence-corrected chi connectivity index (χ0v) is 16.8. The molecule has 2 aromatic carbocycles. The third kappa shape index (κ3) is 7.58. The molecule has 0 bridgehead atoms. The lowest BCUT2D eigenvalue weighted by atomic mass is 10.1. The number of hydrogen-bond donors (Lipinski definition) is 5. The van der Waals surface area contributed by atoms with E-state index >= 15 is 0 Å². The molecule has 0 fully saturated rings. The Labute approximate surface area is 181 Å². The second-order valence-electron chi connectivity index (χ2n) is 6.91. The van der Waals surface area contributed by atoms with Gasteiger partial charge in [-0.15, -0.1) is 0 Å². The summed E-state index contributed by atoms with van der Waals surface area (Å²) in [4.78, 5) is 35.4. The lowest BCUT2D eigenvalue weighted by molar-refractivity contribution is -0.137. The maximum Gasteiger partial charge on any atom is 0.416 e. The zero-order valence-electron chi connectivity index (χ0n) is 16.8. The number of phenolic OH excluding ortho intramolecular Hbond substituents is 1. The molecule has 172 valence electrons. The monoisotopic (exact) mass is 453 g/mol. The first kappa shape index (κ1) is 24.7. The van der Waals surface area contributed by atoms with Crippen LogP contribution in [0.15, 0.2) is 42.5 Å². The normalized spacial score (nSPS) is 11.0. The zero-order chi connectivity index (χ0) is 23.7. The lowest BCUT2D eigenvalue weighted by Crippen LogP contribution is -2.17. The lowest BCUT2D eigenvalue weighted by Gasteiger charge is -2.12. The number of carbonyl (C=O) groups is 3. The van der Waals surface area contributed by atoms with Crippen LogP contribution in [0, 0.1) is 0 Å². The quantitative estimate of drug-likeness (QED) is 0.169. The number of unbranched alkanes of at least 4 members (excludes halogenated alkanes) is 2.